The Bertz CT molecular complexity index is 684. The Morgan fingerprint density at radius 1 is 1.31 bits per heavy atom. The number of nitrogens with one attached hydrogen (secondary N) is 1. The van der Waals surface area contributed by atoms with Gasteiger partial charge in [-0.15, -0.1) is 24.0 Å². The van der Waals surface area contributed by atoms with Gasteiger partial charge < -0.3 is 11.1 Å². The first-order valence-electron chi connectivity index (χ1n) is 9.07. The molecule has 2 aromatic rings. The number of guanidine groups is 1. The van der Waals surface area contributed by atoms with E-state index in [1.54, 1.807) is 0 Å². The van der Waals surface area contributed by atoms with Gasteiger partial charge >= 0.3 is 0 Å². The number of hydrogen-bond donors (Lipinski definition) is 2. The Hall–Kier alpha value is -1.61. The number of aliphatic imine (C=N–C) groups is 1. The first-order chi connectivity index (χ1) is 12.2. The number of likely N-dealkylation sites (tertiary alicyclic amines) is 1. The van der Waals surface area contributed by atoms with E-state index in [0.29, 0.717) is 18.5 Å². The van der Waals surface area contributed by atoms with Crippen molar-refractivity contribution in [1.29, 1.82) is 0 Å². The van der Waals surface area contributed by atoms with Crippen molar-refractivity contribution in [2.24, 2.45) is 10.7 Å². The summed E-state index contributed by atoms with van der Waals surface area (Å²) in [5, 5.41) is 7.66. The van der Waals surface area contributed by atoms with Crippen LogP contribution in [0.2, 0.25) is 0 Å². The monoisotopic (exact) mass is 468 g/mol. The van der Waals surface area contributed by atoms with Crippen molar-refractivity contribution < 1.29 is 0 Å². The molecule has 6 nitrogen and oxygen atoms in total. The lowest BCUT2D eigenvalue weighted by Crippen LogP contribution is -2.42. The van der Waals surface area contributed by atoms with E-state index >= 15 is 0 Å². The number of aromatic nitrogens is 2. The molecule has 1 aromatic carbocycles. The van der Waals surface area contributed by atoms with Gasteiger partial charge in [-0.1, -0.05) is 37.3 Å². The van der Waals surface area contributed by atoms with Crippen LogP contribution in [0.1, 0.15) is 30.9 Å². The molecule has 1 aliphatic rings. The fraction of sp³-hybridized carbons (Fsp3) is 0.474. The zero-order valence-corrected chi connectivity index (χ0v) is 17.7. The van der Waals surface area contributed by atoms with Gasteiger partial charge in [-0.3, -0.25) is 9.58 Å². The summed E-state index contributed by atoms with van der Waals surface area (Å²) in [6, 6.07) is 10.9. The quantitative estimate of drug-likeness (QED) is 0.372. The van der Waals surface area contributed by atoms with Crippen molar-refractivity contribution in [3.8, 4) is 0 Å². The van der Waals surface area contributed by atoms with Gasteiger partial charge in [-0.05, 0) is 31.5 Å². The second kappa shape index (κ2) is 10.5. The van der Waals surface area contributed by atoms with Crippen LogP contribution in [0.4, 0.5) is 0 Å². The zero-order valence-electron chi connectivity index (χ0n) is 15.3. The third-order valence-corrected chi connectivity index (χ3v) is 4.73. The van der Waals surface area contributed by atoms with Crippen LogP contribution in [-0.4, -0.2) is 46.3 Å². The van der Waals surface area contributed by atoms with E-state index < -0.39 is 0 Å². The fourth-order valence-electron chi connectivity index (χ4n) is 3.34. The second-order valence-corrected chi connectivity index (χ2v) is 6.54. The van der Waals surface area contributed by atoms with Crippen LogP contribution < -0.4 is 11.1 Å². The van der Waals surface area contributed by atoms with Crippen molar-refractivity contribution in [2.75, 3.05) is 19.6 Å². The molecule has 1 aliphatic heterocycles. The number of halogens is 1. The van der Waals surface area contributed by atoms with Crippen LogP contribution in [0.15, 0.2) is 47.7 Å². The molecule has 26 heavy (non-hydrogen) atoms. The smallest absolute Gasteiger partial charge is 0.188 e. The van der Waals surface area contributed by atoms with Gasteiger partial charge in [0.25, 0.3) is 0 Å². The van der Waals surface area contributed by atoms with Crippen LogP contribution in [-0.2, 0) is 13.1 Å². The molecular weight excluding hydrogens is 439 g/mol. The van der Waals surface area contributed by atoms with Crippen molar-refractivity contribution in [1.82, 2.24) is 20.0 Å². The summed E-state index contributed by atoms with van der Waals surface area (Å²) in [6.07, 6.45) is 6.40. The van der Waals surface area contributed by atoms with Crippen LogP contribution in [0.3, 0.4) is 0 Å². The number of hydrogen-bond acceptors (Lipinski definition) is 3. The molecule has 1 unspecified atom stereocenters. The number of benzene rings is 1. The highest BCUT2D eigenvalue weighted by atomic mass is 127. The highest BCUT2D eigenvalue weighted by molar-refractivity contribution is 14.0. The topological polar surface area (TPSA) is 71.5 Å². The minimum atomic E-state index is 0. The average Bonchev–Trinajstić information content (AvgIpc) is 3.28. The molecule has 3 N–H and O–H groups in total. The molecule has 1 atom stereocenters. The maximum Gasteiger partial charge on any atom is 0.188 e. The molecular formula is C19H29IN6. The van der Waals surface area contributed by atoms with Gasteiger partial charge in [0.2, 0.25) is 0 Å². The largest absolute Gasteiger partial charge is 0.370 e. The number of nitrogens with zero attached hydrogens (tertiary/aromatic N) is 4. The maximum atomic E-state index is 6.01. The van der Waals surface area contributed by atoms with Gasteiger partial charge in [0.1, 0.15) is 0 Å². The van der Waals surface area contributed by atoms with Crippen molar-refractivity contribution >= 4 is 29.9 Å². The Morgan fingerprint density at radius 2 is 2.12 bits per heavy atom. The summed E-state index contributed by atoms with van der Waals surface area (Å²) in [6.45, 7) is 6.70. The number of rotatable bonds is 7. The van der Waals surface area contributed by atoms with E-state index in [1.807, 2.05) is 35.3 Å². The van der Waals surface area contributed by atoms with Gasteiger partial charge in [0.05, 0.1) is 19.3 Å². The molecule has 1 saturated heterocycles. The van der Waals surface area contributed by atoms with Crippen LogP contribution in [0.5, 0.6) is 0 Å². The van der Waals surface area contributed by atoms with Gasteiger partial charge in [0.15, 0.2) is 5.96 Å². The van der Waals surface area contributed by atoms with Gasteiger partial charge in [-0.2, -0.15) is 5.10 Å². The summed E-state index contributed by atoms with van der Waals surface area (Å²) in [5.74, 6) is 0.513. The molecule has 0 bridgehead atoms. The van der Waals surface area contributed by atoms with Crippen molar-refractivity contribution in [2.45, 2.75) is 38.9 Å². The highest BCUT2D eigenvalue weighted by Gasteiger charge is 2.22. The summed E-state index contributed by atoms with van der Waals surface area (Å²) >= 11 is 0. The summed E-state index contributed by atoms with van der Waals surface area (Å²) in [7, 11) is 0. The number of likely N-dealkylation sites (N-methyl/N-ethyl adjacent to an activating group) is 1. The molecule has 2 heterocycles. The molecule has 0 radical (unpaired) electrons. The van der Waals surface area contributed by atoms with Crippen molar-refractivity contribution in [3.63, 3.8) is 0 Å². The lowest BCUT2D eigenvalue weighted by atomic mass is 10.2. The van der Waals surface area contributed by atoms with E-state index in [9.17, 15) is 0 Å². The molecule has 1 aromatic heterocycles. The Kier molecular flexibility index (Phi) is 8.37. The van der Waals surface area contributed by atoms with E-state index in [4.69, 9.17) is 5.73 Å². The predicted molar refractivity (Wildman–Crippen MR) is 117 cm³/mol. The zero-order chi connectivity index (χ0) is 17.5. The summed E-state index contributed by atoms with van der Waals surface area (Å²) < 4.78 is 1.93. The standard InChI is InChI=1S/C19H28N6.HI/c1-2-24-10-6-9-18(24)13-22-19(20)21-11-17-12-23-25(15-17)14-16-7-4-3-5-8-16;/h3-5,7-8,12,15,18H,2,6,9-11,13-14H2,1H3,(H3,20,21,22);1H. The van der Waals surface area contributed by atoms with E-state index in [0.717, 1.165) is 25.2 Å². The highest BCUT2D eigenvalue weighted by Crippen LogP contribution is 2.15. The lowest BCUT2D eigenvalue weighted by molar-refractivity contribution is 0.267. The Labute approximate surface area is 172 Å². The molecule has 0 saturated carbocycles. The van der Waals surface area contributed by atoms with E-state index in [1.165, 1.54) is 24.9 Å². The predicted octanol–water partition coefficient (Wildman–Crippen LogP) is 2.44. The normalized spacial score (nSPS) is 17.9. The van der Waals surface area contributed by atoms with E-state index in [2.05, 4.69) is 39.4 Å². The Morgan fingerprint density at radius 3 is 2.88 bits per heavy atom. The number of nitrogens with two attached hydrogens (primary N) is 1. The third kappa shape index (κ3) is 5.98. The molecule has 142 valence electrons. The van der Waals surface area contributed by atoms with Crippen molar-refractivity contribution in [3.05, 3.63) is 53.9 Å². The van der Waals surface area contributed by atoms with Crippen LogP contribution in [0, 0.1) is 0 Å². The van der Waals surface area contributed by atoms with Crippen LogP contribution >= 0.6 is 24.0 Å². The molecule has 0 spiro atoms. The fourth-order valence-corrected chi connectivity index (χ4v) is 3.34. The summed E-state index contributed by atoms with van der Waals surface area (Å²) in [4.78, 5) is 6.93. The van der Waals surface area contributed by atoms with Crippen LogP contribution in [0.25, 0.3) is 0 Å². The molecule has 0 aliphatic carbocycles. The molecule has 7 heteroatoms. The van der Waals surface area contributed by atoms with Gasteiger partial charge in [-0.25, -0.2) is 4.99 Å². The molecule has 1 fully saturated rings. The lowest BCUT2D eigenvalue weighted by Gasteiger charge is -2.23. The minimum Gasteiger partial charge on any atom is -0.370 e. The second-order valence-electron chi connectivity index (χ2n) is 6.54. The first-order valence-corrected chi connectivity index (χ1v) is 9.07. The SMILES string of the molecule is CCN1CCCC1CNC(N)=NCc1cnn(Cc2ccccc2)c1.I. The van der Waals surface area contributed by atoms with E-state index in [-0.39, 0.29) is 24.0 Å². The molecule has 0 amide bonds. The maximum absolute atomic E-state index is 6.01. The first kappa shape index (κ1) is 20.7. The average molecular weight is 468 g/mol. The van der Waals surface area contributed by atoms with Gasteiger partial charge in [0, 0.05) is 24.3 Å². The minimum absolute atomic E-state index is 0. The Balaban J connectivity index is 0.00000243. The summed E-state index contributed by atoms with van der Waals surface area (Å²) in [5.41, 5.74) is 8.31. The third-order valence-electron chi connectivity index (χ3n) is 4.73. The molecule has 3 rings (SSSR count).